The van der Waals surface area contributed by atoms with Crippen molar-refractivity contribution in [3.63, 3.8) is 0 Å². The monoisotopic (exact) mass is 339 g/mol. The molecule has 8 N–H and O–H groups in total. The highest BCUT2D eigenvalue weighted by Gasteiger charge is 2.13. The minimum absolute atomic E-state index is 0.117. The summed E-state index contributed by atoms with van der Waals surface area (Å²) in [5.41, 5.74) is 12.2. The minimum Gasteiger partial charge on any atom is -0.355 e. The average molecular weight is 339 g/mol. The molecule has 1 heterocycles. The highest BCUT2D eigenvalue weighted by atomic mass is 16.2. The molecule has 1 amide bonds. The smallest absolute Gasteiger partial charge is 0.237 e. The topological polar surface area (TPSA) is 134 Å². The van der Waals surface area contributed by atoms with E-state index >= 15 is 0 Å². The summed E-state index contributed by atoms with van der Waals surface area (Å²) in [4.78, 5) is 18.7. The molecule has 0 saturated carbocycles. The number of carbonyl (C=O) groups is 1. The number of imidazole rings is 1. The van der Waals surface area contributed by atoms with Crippen LogP contribution in [0, 0.1) is 0 Å². The molecule has 0 aliphatic rings. The molecule has 0 fully saturated rings. The number of unbranched alkanes of at least 4 members (excludes halogenated alkanes) is 1. The molecule has 0 bridgehead atoms. The highest BCUT2D eigenvalue weighted by Crippen LogP contribution is 1.96. The van der Waals surface area contributed by atoms with E-state index in [9.17, 15) is 4.79 Å². The molecule has 8 nitrogen and oxygen atoms in total. The first-order valence-electron chi connectivity index (χ1n) is 8.86. The van der Waals surface area contributed by atoms with Crippen LogP contribution in [0.15, 0.2) is 12.5 Å². The Labute approximate surface area is 144 Å². The van der Waals surface area contributed by atoms with Crippen LogP contribution in [0.3, 0.4) is 0 Å². The molecule has 8 heteroatoms. The number of rotatable bonds is 15. The van der Waals surface area contributed by atoms with Gasteiger partial charge in [-0.3, -0.25) is 4.79 Å². The Bertz CT molecular complexity index is 411. The number of nitrogens with zero attached hydrogens (tertiary/aromatic N) is 1. The molecule has 0 aliphatic carbocycles. The van der Waals surface area contributed by atoms with Gasteiger partial charge in [0.2, 0.25) is 5.91 Å². The lowest BCUT2D eigenvalue weighted by molar-refractivity contribution is -0.122. The van der Waals surface area contributed by atoms with Crippen molar-refractivity contribution >= 4 is 5.91 Å². The number of aromatic nitrogens is 2. The molecule has 0 saturated heterocycles. The molecular formula is C16H33N7O. The van der Waals surface area contributed by atoms with Crippen LogP contribution in [-0.4, -0.2) is 61.2 Å². The third-order valence-electron chi connectivity index (χ3n) is 3.68. The van der Waals surface area contributed by atoms with Gasteiger partial charge in [0, 0.05) is 24.9 Å². The van der Waals surface area contributed by atoms with E-state index in [1.165, 1.54) is 0 Å². The van der Waals surface area contributed by atoms with E-state index in [-0.39, 0.29) is 5.91 Å². The number of H-pyrrole nitrogens is 1. The molecule has 0 aromatic carbocycles. The fourth-order valence-electron chi connectivity index (χ4n) is 2.26. The zero-order valence-corrected chi connectivity index (χ0v) is 14.5. The normalized spacial score (nSPS) is 12.2. The number of hydrogen-bond acceptors (Lipinski definition) is 6. The summed E-state index contributed by atoms with van der Waals surface area (Å²) in [7, 11) is 0. The van der Waals surface area contributed by atoms with Crippen molar-refractivity contribution in [3.05, 3.63) is 18.2 Å². The Morgan fingerprint density at radius 1 is 1.08 bits per heavy atom. The lowest BCUT2D eigenvalue weighted by Crippen LogP contribution is -2.42. The summed E-state index contributed by atoms with van der Waals surface area (Å²) in [6, 6.07) is -0.537. The van der Waals surface area contributed by atoms with Crippen molar-refractivity contribution in [2.45, 2.75) is 38.1 Å². The Morgan fingerprint density at radius 3 is 2.38 bits per heavy atom. The highest BCUT2D eigenvalue weighted by molar-refractivity contribution is 5.81. The Morgan fingerprint density at radius 2 is 1.75 bits per heavy atom. The maximum absolute atomic E-state index is 11.8. The maximum atomic E-state index is 11.8. The van der Waals surface area contributed by atoms with Gasteiger partial charge in [0.05, 0.1) is 12.4 Å². The fourth-order valence-corrected chi connectivity index (χ4v) is 2.26. The number of aromatic amines is 1. The van der Waals surface area contributed by atoms with Crippen LogP contribution >= 0.6 is 0 Å². The van der Waals surface area contributed by atoms with Crippen LogP contribution in [0.1, 0.15) is 31.4 Å². The minimum atomic E-state index is -0.537. The Kier molecular flexibility index (Phi) is 11.9. The summed E-state index contributed by atoms with van der Waals surface area (Å²) in [6.45, 7) is 5.35. The molecule has 24 heavy (non-hydrogen) atoms. The second-order valence-corrected chi connectivity index (χ2v) is 5.88. The first kappa shape index (κ1) is 20.6. The molecule has 1 rings (SSSR count). The number of nitrogens with two attached hydrogens (primary N) is 2. The first-order valence-corrected chi connectivity index (χ1v) is 8.86. The quantitative estimate of drug-likeness (QED) is 0.229. The van der Waals surface area contributed by atoms with Gasteiger partial charge in [-0.25, -0.2) is 4.98 Å². The SMILES string of the molecule is NCCCNCCCCNCCCNC(=O)[C@@H](N)Cc1cnc[nH]1. The molecule has 0 radical (unpaired) electrons. The predicted octanol–water partition coefficient (Wildman–Crippen LogP) is -0.906. The van der Waals surface area contributed by atoms with Gasteiger partial charge in [-0.15, -0.1) is 0 Å². The second-order valence-electron chi connectivity index (χ2n) is 5.88. The van der Waals surface area contributed by atoms with Gasteiger partial charge in [0.1, 0.15) is 0 Å². The lowest BCUT2D eigenvalue weighted by Gasteiger charge is -2.11. The number of nitrogens with one attached hydrogen (secondary N) is 4. The van der Waals surface area contributed by atoms with E-state index in [2.05, 4.69) is 25.9 Å². The maximum Gasteiger partial charge on any atom is 0.237 e. The van der Waals surface area contributed by atoms with Crippen LogP contribution in [0.5, 0.6) is 0 Å². The molecule has 0 spiro atoms. The van der Waals surface area contributed by atoms with Crippen molar-refractivity contribution < 1.29 is 4.79 Å². The van der Waals surface area contributed by atoms with Crippen LogP contribution in [0.2, 0.25) is 0 Å². The average Bonchev–Trinajstić information content (AvgIpc) is 3.08. The zero-order chi connectivity index (χ0) is 17.5. The van der Waals surface area contributed by atoms with Crippen LogP contribution in [0.4, 0.5) is 0 Å². The Balaban J connectivity index is 1.86. The fraction of sp³-hybridized carbons (Fsp3) is 0.750. The molecular weight excluding hydrogens is 306 g/mol. The van der Waals surface area contributed by atoms with Gasteiger partial charge >= 0.3 is 0 Å². The third kappa shape index (κ3) is 10.3. The van der Waals surface area contributed by atoms with Crippen LogP contribution < -0.4 is 27.4 Å². The summed E-state index contributed by atoms with van der Waals surface area (Å²) < 4.78 is 0. The van der Waals surface area contributed by atoms with E-state index in [0.717, 1.165) is 64.1 Å². The van der Waals surface area contributed by atoms with E-state index < -0.39 is 6.04 Å². The molecule has 138 valence electrons. The first-order chi connectivity index (χ1) is 11.7. The van der Waals surface area contributed by atoms with Gasteiger partial charge in [-0.05, 0) is 58.4 Å². The number of hydrogen-bond donors (Lipinski definition) is 6. The summed E-state index contributed by atoms with van der Waals surface area (Å²) in [5.74, 6) is -0.117. The third-order valence-corrected chi connectivity index (χ3v) is 3.68. The lowest BCUT2D eigenvalue weighted by atomic mass is 10.1. The number of amides is 1. The molecule has 0 unspecified atom stereocenters. The Hall–Kier alpha value is -1.48. The van der Waals surface area contributed by atoms with Crippen LogP contribution in [0.25, 0.3) is 0 Å². The van der Waals surface area contributed by atoms with E-state index in [1.807, 2.05) is 0 Å². The zero-order valence-electron chi connectivity index (χ0n) is 14.5. The van der Waals surface area contributed by atoms with Gasteiger partial charge in [0.15, 0.2) is 0 Å². The summed E-state index contributed by atoms with van der Waals surface area (Å²) >= 11 is 0. The predicted molar refractivity (Wildman–Crippen MR) is 96.5 cm³/mol. The summed E-state index contributed by atoms with van der Waals surface area (Å²) in [5, 5.41) is 9.61. The van der Waals surface area contributed by atoms with Gasteiger partial charge in [-0.2, -0.15) is 0 Å². The van der Waals surface area contributed by atoms with Gasteiger partial charge < -0.3 is 32.4 Å². The largest absolute Gasteiger partial charge is 0.355 e. The molecule has 1 atom stereocenters. The second kappa shape index (κ2) is 13.9. The van der Waals surface area contributed by atoms with Crippen LogP contribution in [-0.2, 0) is 11.2 Å². The van der Waals surface area contributed by atoms with Crippen molar-refractivity contribution in [2.75, 3.05) is 39.3 Å². The molecule has 0 aliphatic heterocycles. The summed E-state index contributed by atoms with van der Waals surface area (Å²) in [6.07, 6.45) is 8.00. The number of carbonyl (C=O) groups excluding carboxylic acids is 1. The van der Waals surface area contributed by atoms with E-state index in [4.69, 9.17) is 11.5 Å². The van der Waals surface area contributed by atoms with E-state index in [1.54, 1.807) is 12.5 Å². The van der Waals surface area contributed by atoms with Gasteiger partial charge in [-0.1, -0.05) is 0 Å². The van der Waals surface area contributed by atoms with Crippen molar-refractivity contribution in [1.82, 2.24) is 25.9 Å². The van der Waals surface area contributed by atoms with Crippen molar-refractivity contribution in [1.29, 1.82) is 0 Å². The van der Waals surface area contributed by atoms with Crippen molar-refractivity contribution in [2.24, 2.45) is 11.5 Å². The van der Waals surface area contributed by atoms with E-state index in [0.29, 0.717) is 13.0 Å². The molecule has 1 aromatic rings. The van der Waals surface area contributed by atoms with Gasteiger partial charge in [0.25, 0.3) is 0 Å². The standard InChI is InChI=1S/C16H33N7O/c17-5-3-8-19-6-1-2-7-20-9-4-10-22-16(24)15(18)11-14-12-21-13-23-14/h12-13,15,19-20H,1-11,17-18H2,(H,21,23)(H,22,24)/t15-/m0/s1. The van der Waals surface area contributed by atoms with Crippen molar-refractivity contribution in [3.8, 4) is 0 Å². The molecule has 1 aromatic heterocycles.